The fraction of sp³-hybridized carbons (Fsp3) is 0.364. The molecular formula is C11H16N6S. The van der Waals surface area contributed by atoms with Gasteiger partial charge in [-0.1, -0.05) is 0 Å². The van der Waals surface area contributed by atoms with Gasteiger partial charge < -0.3 is 10.6 Å². The third-order valence-corrected chi connectivity index (χ3v) is 3.34. The average Bonchev–Trinajstić information content (AvgIpc) is 2.85. The molecule has 18 heavy (non-hydrogen) atoms. The number of nitrogens with two attached hydrogens (primary N) is 1. The van der Waals surface area contributed by atoms with Crippen LogP contribution in [-0.4, -0.2) is 27.6 Å². The smallest absolute Gasteiger partial charge is 0.137 e. The summed E-state index contributed by atoms with van der Waals surface area (Å²) in [6.07, 6.45) is 0. The molecule has 7 heteroatoms. The zero-order valence-corrected chi connectivity index (χ0v) is 11.5. The van der Waals surface area contributed by atoms with Crippen LogP contribution < -0.4 is 10.6 Å². The number of rotatable bonds is 4. The van der Waals surface area contributed by atoms with E-state index < -0.39 is 0 Å². The Hall–Kier alpha value is -1.89. The highest BCUT2D eigenvalue weighted by Crippen LogP contribution is 2.23. The summed E-state index contributed by atoms with van der Waals surface area (Å²) in [6, 6.07) is 0. The van der Waals surface area contributed by atoms with Crippen LogP contribution in [-0.2, 0) is 13.6 Å². The van der Waals surface area contributed by atoms with E-state index >= 15 is 0 Å². The summed E-state index contributed by atoms with van der Waals surface area (Å²) in [7, 11) is 3.80. The highest BCUT2D eigenvalue weighted by Gasteiger charge is 2.19. The summed E-state index contributed by atoms with van der Waals surface area (Å²) in [6.45, 7) is 2.53. The SMILES string of the molecule is Cc1nn(C)c(N(C)Cc2cscn2)c1C(=N)N. The molecule has 0 amide bonds. The topological polar surface area (TPSA) is 83.8 Å². The normalized spacial score (nSPS) is 10.6. The number of nitrogen functional groups attached to an aromatic ring is 1. The molecule has 0 unspecified atom stereocenters. The third kappa shape index (κ3) is 2.21. The fourth-order valence-corrected chi connectivity index (χ4v) is 2.58. The van der Waals surface area contributed by atoms with Crippen molar-refractivity contribution in [1.29, 1.82) is 5.41 Å². The van der Waals surface area contributed by atoms with E-state index in [9.17, 15) is 0 Å². The van der Waals surface area contributed by atoms with E-state index in [2.05, 4.69) is 10.1 Å². The van der Waals surface area contributed by atoms with Gasteiger partial charge in [-0.3, -0.25) is 10.1 Å². The molecule has 0 radical (unpaired) electrons. The highest BCUT2D eigenvalue weighted by atomic mass is 32.1. The molecule has 0 aliphatic carbocycles. The quantitative estimate of drug-likeness (QED) is 0.640. The van der Waals surface area contributed by atoms with E-state index in [1.54, 1.807) is 16.0 Å². The minimum Gasteiger partial charge on any atom is -0.384 e. The summed E-state index contributed by atoms with van der Waals surface area (Å²) < 4.78 is 1.75. The number of aryl methyl sites for hydroxylation is 2. The van der Waals surface area contributed by atoms with Crippen LogP contribution in [0.3, 0.4) is 0 Å². The second kappa shape index (κ2) is 4.77. The lowest BCUT2D eigenvalue weighted by Crippen LogP contribution is -2.23. The molecule has 0 aliphatic heterocycles. The van der Waals surface area contributed by atoms with Gasteiger partial charge in [0.25, 0.3) is 0 Å². The first kappa shape index (κ1) is 12.6. The van der Waals surface area contributed by atoms with Gasteiger partial charge >= 0.3 is 0 Å². The lowest BCUT2D eigenvalue weighted by molar-refractivity contribution is 0.724. The minimum absolute atomic E-state index is 0.0423. The first-order valence-electron chi connectivity index (χ1n) is 5.47. The van der Waals surface area contributed by atoms with Crippen molar-refractivity contribution in [2.75, 3.05) is 11.9 Å². The van der Waals surface area contributed by atoms with Gasteiger partial charge in [-0.2, -0.15) is 5.10 Å². The van der Waals surface area contributed by atoms with Gasteiger partial charge in [0.1, 0.15) is 11.7 Å². The van der Waals surface area contributed by atoms with Crippen LogP contribution in [0.1, 0.15) is 17.0 Å². The van der Waals surface area contributed by atoms with Gasteiger partial charge in [-0.25, -0.2) is 4.98 Å². The van der Waals surface area contributed by atoms with E-state index in [0.717, 1.165) is 17.2 Å². The average molecular weight is 264 g/mol. The highest BCUT2D eigenvalue weighted by molar-refractivity contribution is 7.07. The zero-order chi connectivity index (χ0) is 13.3. The van der Waals surface area contributed by atoms with Gasteiger partial charge in [0.2, 0.25) is 0 Å². The van der Waals surface area contributed by atoms with Crippen molar-refractivity contribution in [3.8, 4) is 0 Å². The fourth-order valence-electron chi connectivity index (χ4n) is 2.03. The monoisotopic (exact) mass is 264 g/mol. The van der Waals surface area contributed by atoms with Crippen LogP contribution in [0.5, 0.6) is 0 Å². The van der Waals surface area contributed by atoms with Gasteiger partial charge in [-0.15, -0.1) is 11.3 Å². The summed E-state index contributed by atoms with van der Waals surface area (Å²) in [5, 5.41) is 14.0. The maximum absolute atomic E-state index is 7.66. The molecule has 2 aromatic heterocycles. The number of thiazole rings is 1. The van der Waals surface area contributed by atoms with E-state index in [1.807, 2.05) is 36.8 Å². The van der Waals surface area contributed by atoms with Crippen LogP contribution in [0, 0.1) is 12.3 Å². The van der Waals surface area contributed by atoms with Crippen LogP contribution in [0.25, 0.3) is 0 Å². The molecule has 0 bridgehead atoms. The van der Waals surface area contributed by atoms with Gasteiger partial charge in [0, 0.05) is 19.5 Å². The predicted octanol–water partition coefficient (Wildman–Crippen LogP) is 1.11. The molecule has 0 aromatic carbocycles. The van der Waals surface area contributed by atoms with E-state index in [4.69, 9.17) is 11.1 Å². The standard InChI is InChI=1S/C11H16N6S/c1-7-9(10(12)13)11(17(3)15-7)16(2)4-8-5-18-6-14-8/h5-6H,4H2,1-3H3,(H3,12,13). The molecule has 0 saturated carbocycles. The largest absolute Gasteiger partial charge is 0.384 e. The van der Waals surface area contributed by atoms with Crippen molar-refractivity contribution >= 4 is 23.0 Å². The number of aromatic nitrogens is 3. The maximum Gasteiger partial charge on any atom is 0.137 e. The second-order valence-corrected chi connectivity index (χ2v) is 4.88. The number of anilines is 1. The Bertz CT molecular complexity index is 556. The lowest BCUT2D eigenvalue weighted by Gasteiger charge is -2.19. The van der Waals surface area contributed by atoms with Crippen LogP contribution in [0.2, 0.25) is 0 Å². The molecule has 0 saturated heterocycles. The van der Waals surface area contributed by atoms with E-state index in [0.29, 0.717) is 12.1 Å². The predicted molar refractivity (Wildman–Crippen MR) is 73.2 cm³/mol. The van der Waals surface area contributed by atoms with Crippen LogP contribution in [0.15, 0.2) is 10.9 Å². The summed E-state index contributed by atoms with van der Waals surface area (Å²) in [5.41, 5.74) is 9.89. The molecular weight excluding hydrogens is 248 g/mol. The molecule has 0 atom stereocenters. The van der Waals surface area contributed by atoms with Crippen molar-refractivity contribution < 1.29 is 0 Å². The van der Waals surface area contributed by atoms with Crippen molar-refractivity contribution in [2.24, 2.45) is 12.8 Å². The zero-order valence-electron chi connectivity index (χ0n) is 10.6. The summed E-state index contributed by atoms with van der Waals surface area (Å²) in [5.74, 6) is 0.883. The van der Waals surface area contributed by atoms with E-state index in [-0.39, 0.29) is 5.84 Å². The van der Waals surface area contributed by atoms with Gasteiger partial charge in [0.15, 0.2) is 0 Å². The third-order valence-electron chi connectivity index (χ3n) is 2.71. The molecule has 0 spiro atoms. The number of hydrogen-bond acceptors (Lipinski definition) is 5. The maximum atomic E-state index is 7.66. The van der Waals surface area contributed by atoms with E-state index in [1.165, 1.54) is 0 Å². The Morgan fingerprint density at radius 2 is 2.33 bits per heavy atom. The molecule has 6 nitrogen and oxygen atoms in total. The Morgan fingerprint density at radius 1 is 1.61 bits per heavy atom. The molecule has 2 rings (SSSR count). The number of amidine groups is 1. The molecule has 2 aromatic rings. The first-order valence-corrected chi connectivity index (χ1v) is 6.41. The second-order valence-electron chi connectivity index (χ2n) is 4.16. The molecule has 0 aliphatic rings. The first-order chi connectivity index (χ1) is 8.50. The molecule has 0 fully saturated rings. The molecule has 2 heterocycles. The van der Waals surface area contributed by atoms with Crippen LogP contribution >= 0.6 is 11.3 Å². The Labute approximate surface area is 110 Å². The Morgan fingerprint density at radius 3 is 2.89 bits per heavy atom. The van der Waals surface area contributed by atoms with Crippen LogP contribution in [0.4, 0.5) is 5.82 Å². The van der Waals surface area contributed by atoms with Crippen molar-refractivity contribution in [3.63, 3.8) is 0 Å². The Kier molecular flexibility index (Phi) is 3.33. The molecule has 96 valence electrons. The van der Waals surface area contributed by atoms with Gasteiger partial charge in [0.05, 0.1) is 29.0 Å². The summed E-state index contributed by atoms with van der Waals surface area (Å²) in [4.78, 5) is 6.26. The Balaban J connectivity index is 2.35. The number of nitrogens with one attached hydrogen (secondary N) is 1. The van der Waals surface area contributed by atoms with Crippen molar-refractivity contribution in [2.45, 2.75) is 13.5 Å². The van der Waals surface area contributed by atoms with Crippen molar-refractivity contribution in [3.05, 3.63) is 27.8 Å². The number of nitrogens with zero attached hydrogens (tertiary/aromatic N) is 4. The van der Waals surface area contributed by atoms with Gasteiger partial charge in [-0.05, 0) is 6.92 Å². The number of hydrogen-bond donors (Lipinski definition) is 2. The summed E-state index contributed by atoms with van der Waals surface area (Å²) >= 11 is 1.57. The van der Waals surface area contributed by atoms with Crippen molar-refractivity contribution in [1.82, 2.24) is 14.8 Å². The lowest BCUT2D eigenvalue weighted by atomic mass is 10.2. The minimum atomic E-state index is 0.0423. The molecule has 3 N–H and O–H groups in total.